The first kappa shape index (κ1) is 28.5. The number of carbonyl (C=O) groups is 3. The molecule has 0 spiro atoms. The number of aliphatic carboxylic acids is 1. The van der Waals surface area contributed by atoms with E-state index in [4.69, 9.17) is 14.2 Å². The van der Waals surface area contributed by atoms with Crippen molar-refractivity contribution in [3.63, 3.8) is 0 Å². The van der Waals surface area contributed by atoms with Gasteiger partial charge in [0.15, 0.2) is 6.10 Å². The third-order valence-electron chi connectivity index (χ3n) is 5.84. The van der Waals surface area contributed by atoms with Crippen LogP contribution >= 0.6 is 0 Å². The third-order valence-corrected chi connectivity index (χ3v) is 5.84. The van der Waals surface area contributed by atoms with Crippen LogP contribution in [0.5, 0.6) is 5.75 Å². The molecule has 11 heteroatoms. The average Bonchev–Trinajstić information content (AvgIpc) is 2.77. The van der Waals surface area contributed by atoms with Crippen LogP contribution in [0.25, 0.3) is 0 Å². The number of aliphatic hydroxyl groups excluding tert-OH is 3. The standard InChI is InChI=1S/C24H35NO10/c1-7-24(5,6)22(32)33-11-12-8-9-14(13(10-12)25-21(31)23(2,3)4)34-20-17(28)15(26)16(27)18(35-20)19(29)30/h8-10,15-18,20,26-28H,7,11H2,1-6H3,(H,25,31)(H,29,30)/t15-,16-,17+,18-,20+/m0/s1. The Kier molecular flexibility index (Phi) is 8.88. The Hall–Kier alpha value is -2.73. The van der Waals surface area contributed by atoms with E-state index in [0.29, 0.717) is 12.0 Å². The van der Waals surface area contributed by atoms with E-state index in [0.717, 1.165) is 0 Å². The topological polar surface area (TPSA) is 172 Å². The number of carboxylic acids is 1. The highest BCUT2D eigenvalue weighted by molar-refractivity contribution is 5.95. The fourth-order valence-corrected chi connectivity index (χ4v) is 2.94. The number of hydrogen-bond acceptors (Lipinski definition) is 9. The number of aliphatic hydroxyl groups is 3. The van der Waals surface area contributed by atoms with Gasteiger partial charge in [-0.25, -0.2) is 4.79 Å². The molecule has 11 nitrogen and oxygen atoms in total. The Balaban J connectivity index is 2.32. The number of hydrogen-bond donors (Lipinski definition) is 5. The molecule has 1 aromatic carbocycles. The van der Waals surface area contributed by atoms with Crippen LogP contribution < -0.4 is 10.1 Å². The van der Waals surface area contributed by atoms with E-state index in [-0.39, 0.29) is 29.9 Å². The van der Waals surface area contributed by atoms with Crippen molar-refractivity contribution in [3.05, 3.63) is 23.8 Å². The molecule has 1 aliphatic rings. The highest BCUT2D eigenvalue weighted by Gasteiger charge is 2.48. The van der Waals surface area contributed by atoms with Crippen molar-refractivity contribution in [1.29, 1.82) is 0 Å². The first-order valence-corrected chi connectivity index (χ1v) is 11.3. The van der Waals surface area contributed by atoms with E-state index in [9.17, 15) is 34.8 Å². The van der Waals surface area contributed by atoms with E-state index in [1.165, 1.54) is 12.1 Å². The monoisotopic (exact) mass is 497 g/mol. The summed E-state index contributed by atoms with van der Waals surface area (Å²) in [6, 6.07) is 4.50. The van der Waals surface area contributed by atoms with Crippen molar-refractivity contribution in [3.8, 4) is 5.75 Å². The molecule has 5 atom stereocenters. The highest BCUT2D eigenvalue weighted by atomic mass is 16.7. The van der Waals surface area contributed by atoms with Crippen molar-refractivity contribution in [2.45, 2.75) is 85.3 Å². The number of benzene rings is 1. The molecule has 1 aliphatic heterocycles. The van der Waals surface area contributed by atoms with Crippen molar-refractivity contribution >= 4 is 23.5 Å². The second-order valence-corrected chi connectivity index (χ2v) is 10.2. The summed E-state index contributed by atoms with van der Waals surface area (Å²) in [5, 5.41) is 42.1. The maximum atomic E-state index is 12.6. The number of amides is 1. The predicted octanol–water partition coefficient (Wildman–Crippen LogP) is 1.42. The van der Waals surface area contributed by atoms with Crippen molar-refractivity contribution in [1.82, 2.24) is 0 Å². The zero-order chi connectivity index (χ0) is 26.7. The van der Waals surface area contributed by atoms with Gasteiger partial charge in [0.2, 0.25) is 12.2 Å². The fraction of sp³-hybridized carbons (Fsp3) is 0.625. The van der Waals surface area contributed by atoms with Crippen LogP contribution in [0.4, 0.5) is 5.69 Å². The molecule has 1 heterocycles. The Labute approximate surface area is 204 Å². The summed E-state index contributed by atoms with van der Waals surface area (Å²) >= 11 is 0. The van der Waals surface area contributed by atoms with Crippen LogP contribution in [0.15, 0.2) is 18.2 Å². The number of carbonyl (C=O) groups excluding carboxylic acids is 2. The van der Waals surface area contributed by atoms with E-state index >= 15 is 0 Å². The summed E-state index contributed by atoms with van der Waals surface area (Å²) in [5.41, 5.74) is -0.754. The number of anilines is 1. The quantitative estimate of drug-likeness (QED) is 0.331. The summed E-state index contributed by atoms with van der Waals surface area (Å²) in [7, 11) is 0. The summed E-state index contributed by atoms with van der Waals surface area (Å²) < 4.78 is 16.2. The van der Waals surface area contributed by atoms with Crippen molar-refractivity contribution in [2.75, 3.05) is 5.32 Å². The lowest BCUT2D eigenvalue weighted by atomic mass is 9.91. The summed E-state index contributed by atoms with van der Waals surface area (Å²) in [6.07, 6.45) is -8.40. The molecule has 1 saturated heterocycles. The van der Waals surface area contributed by atoms with Gasteiger partial charge in [-0.2, -0.15) is 0 Å². The minimum Gasteiger partial charge on any atom is -0.479 e. The molecule has 196 valence electrons. The van der Waals surface area contributed by atoms with Crippen LogP contribution in [0.2, 0.25) is 0 Å². The average molecular weight is 498 g/mol. The molecule has 1 aromatic rings. The maximum absolute atomic E-state index is 12.6. The van der Waals surface area contributed by atoms with Gasteiger partial charge in [0.05, 0.1) is 11.1 Å². The van der Waals surface area contributed by atoms with Gasteiger partial charge in [0.25, 0.3) is 0 Å². The molecule has 0 bridgehead atoms. The van der Waals surface area contributed by atoms with Crippen LogP contribution in [-0.4, -0.2) is 69.0 Å². The summed E-state index contributed by atoms with van der Waals surface area (Å²) in [4.78, 5) is 36.3. The second kappa shape index (κ2) is 10.9. The molecular weight excluding hydrogens is 462 g/mol. The Bertz CT molecular complexity index is 939. The van der Waals surface area contributed by atoms with E-state index in [2.05, 4.69) is 5.32 Å². The first-order valence-electron chi connectivity index (χ1n) is 11.3. The molecule has 0 radical (unpaired) electrons. The molecule has 0 aromatic heterocycles. The fourth-order valence-electron chi connectivity index (χ4n) is 2.94. The molecule has 0 unspecified atom stereocenters. The summed E-state index contributed by atoms with van der Waals surface area (Å²) in [5.74, 6) is -2.30. The molecule has 2 rings (SSSR count). The van der Waals surface area contributed by atoms with Gasteiger partial charge in [-0.3, -0.25) is 9.59 Å². The lowest BCUT2D eigenvalue weighted by Crippen LogP contribution is -2.61. The van der Waals surface area contributed by atoms with Gasteiger partial charge in [-0.1, -0.05) is 33.8 Å². The first-order chi connectivity index (χ1) is 16.1. The SMILES string of the molecule is CCC(C)(C)C(=O)OCc1ccc(O[C@@H]2O[C@H](C(=O)O)[C@@H](O)[C@H](O)[C@H]2O)c(NC(=O)C(C)(C)C)c1. The highest BCUT2D eigenvalue weighted by Crippen LogP contribution is 2.32. The number of rotatable bonds is 8. The van der Waals surface area contributed by atoms with Gasteiger partial charge >= 0.3 is 11.9 Å². The van der Waals surface area contributed by atoms with Crippen molar-refractivity contribution < 1.29 is 49.0 Å². The minimum absolute atomic E-state index is 0.00310. The Morgan fingerprint density at radius 1 is 1.03 bits per heavy atom. The zero-order valence-corrected chi connectivity index (χ0v) is 20.8. The normalized spacial score (nSPS) is 25.0. The van der Waals surface area contributed by atoms with Gasteiger partial charge in [-0.05, 0) is 38.0 Å². The van der Waals surface area contributed by atoms with E-state index in [1.54, 1.807) is 40.7 Å². The smallest absolute Gasteiger partial charge is 0.335 e. The largest absolute Gasteiger partial charge is 0.479 e. The van der Waals surface area contributed by atoms with Crippen LogP contribution in [0.1, 0.15) is 53.5 Å². The molecule has 35 heavy (non-hydrogen) atoms. The third kappa shape index (κ3) is 6.91. The summed E-state index contributed by atoms with van der Waals surface area (Å²) in [6.45, 7) is 10.4. The number of nitrogens with one attached hydrogen (secondary N) is 1. The molecule has 0 aliphatic carbocycles. The maximum Gasteiger partial charge on any atom is 0.335 e. The Morgan fingerprint density at radius 2 is 1.66 bits per heavy atom. The van der Waals surface area contributed by atoms with Gasteiger partial charge in [-0.15, -0.1) is 0 Å². The van der Waals surface area contributed by atoms with Gasteiger partial charge < -0.3 is 40.0 Å². The molecule has 1 amide bonds. The molecule has 5 N–H and O–H groups in total. The molecular formula is C24H35NO10. The van der Waals surface area contributed by atoms with Crippen molar-refractivity contribution in [2.24, 2.45) is 10.8 Å². The van der Waals surface area contributed by atoms with Gasteiger partial charge in [0, 0.05) is 5.41 Å². The zero-order valence-electron chi connectivity index (χ0n) is 20.8. The minimum atomic E-state index is -1.87. The number of esters is 1. The number of carboxylic acid groups (broad SMARTS) is 1. The molecule has 0 saturated carbocycles. The van der Waals surface area contributed by atoms with Crippen LogP contribution in [0.3, 0.4) is 0 Å². The van der Waals surface area contributed by atoms with Crippen LogP contribution in [0, 0.1) is 10.8 Å². The van der Waals surface area contributed by atoms with Crippen LogP contribution in [-0.2, 0) is 30.5 Å². The molecule has 1 fully saturated rings. The van der Waals surface area contributed by atoms with Gasteiger partial charge in [0.1, 0.15) is 30.7 Å². The van der Waals surface area contributed by atoms with E-state index in [1.807, 2.05) is 6.92 Å². The predicted molar refractivity (Wildman–Crippen MR) is 123 cm³/mol. The lowest BCUT2D eigenvalue weighted by molar-refractivity contribution is -0.271. The van der Waals surface area contributed by atoms with E-state index < -0.39 is 47.5 Å². The second-order valence-electron chi connectivity index (χ2n) is 10.2. The Morgan fingerprint density at radius 3 is 2.20 bits per heavy atom. The lowest BCUT2D eigenvalue weighted by Gasteiger charge is -2.38. The number of ether oxygens (including phenoxy) is 3.